The monoisotopic (exact) mass is 205 g/mol. The molecule has 5 heteroatoms. The molecule has 0 aliphatic heterocycles. The molecule has 5 nitrogen and oxygen atoms in total. The summed E-state index contributed by atoms with van der Waals surface area (Å²) in [4.78, 5) is 11.1. The van der Waals surface area contributed by atoms with Crippen molar-refractivity contribution in [2.75, 3.05) is 20.3 Å². The summed E-state index contributed by atoms with van der Waals surface area (Å²) < 4.78 is 4.58. The zero-order chi connectivity index (χ0) is 11.1. The fourth-order valence-electron chi connectivity index (χ4n) is 1.07. The van der Waals surface area contributed by atoms with Crippen LogP contribution in [0, 0.1) is 5.92 Å². The normalized spacial score (nSPS) is 15.3. The number of hydrogen-bond acceptors (Lipinski definition) is 5. The van der Waals surface area contributed by atoms with Gasteiger partial charge in [0.15, 0.2) is 0 Å². The van der Waals surface area contributed by atoms with Crippen LogP contribution in [0.15, 0.2) is 0 Å². The van der Waals surface area contributed by atoms with E-state index >= 15 is 0 Å². The van der Waals surface area contributed by atoms with Crippen LogP contribution in [0.2, 0.25) is 0 Å². The smallest absolute Gasteiger partial charge is 0.309 e. The Morgan fingerprint density at radius 2 is 1.86 bits per heavy atom. The number of esters is 1. The first-order chi connectivity index (χ1) is 6.56. The SMILES string of the molecule is COC(=O)C(C)C(C)NC(CO)CO. The molecule has 0 spiro atoms. The van der Waals surface area contributed by atoms with Gasteiger partial charge in [0, 0.05) is 6.04 Å². The summed E-state index contributed by atoms with van der Waals surface area (Å²) in [5.74, 6) is -0.611. The van der Waals surface area contributed by atoms with Gasteiger partial charge in [0.25, 0.3) is 0 Å². The Bertz CT molecular complexity index is 170. The Kier molecular flexibility index (Phi) is 6.44. The average Bonchev–Trinajstić information content (AvgIpc) is 2.23. The molecule has 0 aliphatic carbocycles. The van der Waals surface area contributed by atoms with E-state index in [1.165, 1.54) is 7.11 Å². The van der Waals surface area contributed by atoms with Crippen molar-refractivity contribution in [3.8, 4) is 0 Å². The van der Waals surface area contributed by atoms with E-state index in [0.717, 1.165) is 0 Å². The molecule has 0 saturated heterocycles. The second-order valence-corrected chi connectivity index (χ2v) is 3.33. The van der Waals surface area contributed by atoms with Crippen LogP contribution >= 0.6 is 0 Å². The molecule has 0 aromatic rings. The molecular formula is C9H19NO4. The van der Waals surface area contributed by atoms with E-state index in [-0.39, 0.29) is 31.1 Å². The standard InChI is InChI=1S/C9H19NO4/c1-6(9(13)14-3)7(2)10-8(4-11)5-12/h6-8,10-12H,4-5H2,1-3H3. The van der Waals surface area contributed by atoms with Crippen molar-refractivity contribution in [2.45, 2.75) is 25.9 Å². The summed E-state index contributed by atoms with van der Waals surface area (Å²) in [6.07, 6.45) is 0. The lowest BCUT2D eigenvalue weighted by atomic mass is 10.0. The highest BCUT2D eigenvalue weighted by Gasteiger charge is 2.22. The minimum atomic E-state index is -0.392. The van der Waals surface area contributed by atoms with Gasteiger partial charge in [0.2, 0.25) is 0 Å². The Labute approximate surface area is 84.1 Å². The summed E-state index contributed by atoms with van der Waals surface area (Å²) in [5.41, 5.74) is 0. The largest absolute Gasteiger partial charge is 0.469 e. The molecule has 0 rings (SSSR count). The highest BCUT2D eigenvalue weighted by Crippen LogP contribution is 2.05. The molecule has 0 bridgehead atoms. The van der Waals surface area contributed by atoms with Gasteiger partial charge >= 0.3 is 5.97 Å². The summed E-state index contributed by atoms with van der Waals surface area (Å²) >= 11 is 0. The van der Waals surface area contributed by atoms with Crippen LogP contribution in [-0.2, 0) is 9.53 Å². The van der Waals surface area contributed by atoms with E-state index in [9.17, 15) is 4.79 Å². The maximum atomic E-state index is 11.1. The second-order valence-electron chi connectivity index (χ2n) is 3.33. The van der Waals surface area contributed by atoms with Gasteiger partial charge in [-0.15, -0.1) is 0 Å². The first-order valence-electron chi connectivity index (χ1n) is 4.62. The highest BCUT2D eigenvalue weighted by molar-refractivity contribution is 5.72. The molecule has 0 aromatic carbocycles. The third-order valence-corrected chi connectivity index (χ3v) is 2.26. The molecule has 2 atom stereocenters. The lowest BCUT2D eigenvalue weighted by molar-refractivity contribution is -0.145. The first-order valence-corrected chi connectivity index (χ1v) is 4.62. The van der Waals surface area contributed by atoms with Crippen molar-refractivity contribution in [2.24, 2.45) is 5.92 Å². The first kappa shape index (κ1) is 13.4. The zero-order valence-corrected chi connectivity index (χ0v) is 8.86. The third-order valence-electron chi connectivity index (χ3n) is 2.26. The fraction of sp³-hybridized carbons (Fsp3) is 0.889. The highest BCUT2D eigenvalue weighted by atomic mass is 16.5. The Morgan fingerprint density at radius 1 is 1.36 bits per heavy atom. The quantitative estimate of drug-likeness (QED) is 0.491. The molecule has 2 unspecified atom stereocenters. The Morgan fingerprint density at radius 3 is 2.21 bits per heavy atom. The number of carbonyl (C=O) groups is 1. The van der Waals surface area contributed by atoms with Crippen LogP contribution in [0.25, 0.3) is 0 Å². The predicted octanol–water partition coefficient (Wildman–Crippen LogP) is -0.873. The molecule has 0 amide bonds. The van der Waals surface area contributed by atoms with Gasteiger partial charge in [-0.05, 0) is 6.92 Å². The predicted molar refractivity (Wildman–Crippen MR) is 51.7 cm³/mol. The molecule has 0 heterocycles. The molecule has 0 aromatic heterocycles. The molecule has 0 radical (unpaired) electrons. The van der Waals surface area contributed by atoms with Crippen molar-refractivity contribution in [1.29, 1.82) is 0 Å². The lowest BCUT2D eigenvalue weighted by Gasteiger charge is -2.23. The average molecular weight is 205 g/mol. The number of rotatable bonds is 6. The summed E-state index contributed by atoms with van der Waals surface area (Å²) in [6.45, 7) is 3.22. The van der Waals surface area contributed by atoms with Gasteiger partial charge in [-0.25, -0.2) is 0 Å². The maximum Gasteiger partial charge on any atom is 0.309 e. The molecule has 0 aliphatic rings. The van der Waals surface area contributed by atoms with Crippen LogP contribution in [0.4, 0.5) is 0 Å². The number of methoxy groups -OCH3 is 1. The molecule has 3 N–H and O–H groups in total. The number of aliphatic hydroxyl groups is 2. The van der Waals surface area contributed by atoms with Crippen LogP contribution in [0.1, 0.15) is 13.8 Å². The van der Waals surface area contributed by atoms with Crippen LogP contribution < -0.4 is 5.32 Å². The Balaban J connectivity index is 4.05. The summed E-state index contributed by atoms with van der Waals surface area (Å²) in [6, 6.07) is -0.538. The van der Waals surface area contributed by atoms with Crippen LogP contribution in [0.5, 0.6) is 0 Å². The lowest BCUT2D eigenvalue weighted by Crippen LogP contribution is -2.46. The molecular weight excluding hydrogens is 186 g/mol. The van der Waals surface area contributed by atoms with Gasteiger partial charge in [-0.2, -0.15) is 0 Å². The van der Waals surface area contributed by atoms with Crippen molar-refractivity contribution in [3.05, 3.63) is 0 Å². The fourth-order valence-corrected chi connectivity index (χ4v) is 1.07. The number of ether oxygens (including phenoxy) is 1. The summed E-state index contributed by atoms with van der Waals surface area (Å²) in [7, 11) is 1.33. The van der Waals surface area contributed by atoms with Gasteiger partial charge in [0.05, 0.1) is 32.3 Å². The molecule has 14 heavy (non-hydrogen) atoms. The Hall–Kier alpha value is -0.650. The van der Waals surface area contributed by atoms with E-state index in [1.807, 2.05) is 0 Å². The zero-order valence-electron chi connectivity index (χ0n) is 8.86. The number of aliphatic hydroxyl groups excluding tert-OH is 2. The van der Waals surface area contributed by atoms with Crippen LogP contribution in [0.3, 0.4) is 0 Å². The molecule has 0 saturated carbocycles. The maximum absolute atomic E-state index is 11.1. The second kappa shape index (κ2) is 6.75. The van der Waals surface area contributed by atoms with Crippen molar-refractivity contribution in [3.63, 3.8) is 0 Å². The van der Waals surface area contributed by atoms with Crippen molar-refractivity contribution >= 4 is 5.97 Å². The minimum Gasteiger partial charge on any atom is -0.469 e. The molecule has 0 fully saturated rings. The van der Waals surface area contributed by atoms with Crippen molar-refractivity contribution < 1.29 is 19.7 Å². The van der Waals surface area contributed by atoms with Gasteiger partial charge in [-0.1, -0.05) is 6.92 Å². The molecule has 84 valence electrons. The summed E-state index contributed by atoms with van der Waals surface area (Å²) in [5, 5.41) is 20.6. The third kappa shape index (κ3) is 4.04. The van der Waals surface area contributed by atoms with E-state index in [2.05, 4.69) is 10.1 Å². The van der Waals surface area contributed by atoms with Crippen LogP contribution in [-0.4, -0.2) is 48.6 Å². The van der Waals surface area contributed by atoms with Crippen molar-refractivity contribution in [1.82, 2.24) is 5.32 Å². The topological polar surface area (TPSA) is 78.8 Å². The minimum absolute atomic E-state index is 0.147. The van der Waals surface area contributed by atoms with Gasteiger partial charge < -0.3 is 20.3 Å². The van der Waals surface area contributed by atoms with E-state index in [1.54, 1.807) is 13.8 Å². The number of nitrogens with one attached hydrogen (secondary N) is 1. The van der Waals surface area contributed by atoms with E-state index in [0.29, 0.717) is 0 Å². The number of carbonyl (C=O) groups excluding carboxylic acids is 1. The van der Waals surface area contributed by atoms with E-state index in [4.69, 9.17) is 10.2 Å². The number of hydrogen-bond donors (Lipinski definition) is 3. The van der Waals surface area contributed by atoms with Gasteiger partial charge in [-0.3, -0.25) is 4.79 Å². The van der Waals surface area contributed by atoms with E-state index < -0.39 is 6.04 Å². The van der Waals surface area contributed by atoms with Gasteiger partial charge in [0.1, 0.15) is 0 Å².